The minimum absolute atomic E-state index is 0.140. The average molecular weight is 488 g/mol. The first-order valence-electron chi connectivity index (χ1n) is 12.1. The molecule has 3 N–H and O–H groups in total. The summed E-state index contributed by atoms with van der Waals surface area (Å²) in [6.07, 6.45) is 0.393. The van der Waals surface area contributed by atoms with Gasteiger partial charge < -0.3 is 15.4 Å². The smallest absolute Gasteiger partial charge is 0.408 e. The molecule has 1 aromatic carbocycles. The number of hydrogen-bond donors (Lipinski definition) is 3. The van der Waals surface area contributed by atoms with Crippen LogP contribution in [0.1, 0.15) is 72.4 Å². The molecule has 1 aromatic rings. The molecule has 0 saturated carbocycles. The fourth-order valence-electron chi connectivity index (χ4n) is 4.25. The van der Waals surface area contributed by atoms with E-state index in [0.717, 1.165) is 0 Å². The lowest BCUT2D eigenvalue weighted by Gasteiger charge is -2.29. The second-order valence-corrected chi connectivity index (χ2v) is 9.96. The predicted octanol–water partition coefficient (Wildman–Crippen LogP) is 3.04. The van der Waals surface area contributed by atoms with Gasteiger partial charge in [-0.3, -0.25) is 24.5 Å². The SMILES string of the molecule is CCC(CC)C(NC(=O)C[C@H](NC(=O)OC(C)(C)C)c1ccccc1)C(=O)[C@@H]1C(=O)NC(=O)[C@H]1C. The molecule has 4 atom stereocenters. The summed E-state index contributed by atoms with van der Waals surface area (Å²) in [7, 11) is 0. The number of ether oxygens (including phenoxy) is 1. The maximum atomic E-state index is 13.4. The Labute approximate surface area is 206 Å². The van der Waals surface area contributed by atoms with Crippen LogP contribution >= 0.6 is 0 Å². The minimum atomic E-state index is -1.14. The van der Waals surface area contributed by atoms with Crippen molar-refractivity contribution in [3.05, 3.63) is 35.9 Å². The summed E-state index contributed by atoms with van der Waals surface area (Å²) < 4.78 is 5.35. The Morgan fingerprint density at radius 3 is 2.09 bits per heavy atom. The number of imide groups is 1. The largest absolute Gasteiger partial charge is 0.444 e. The van der Waals surface area contributed by atoms with Gasteiger partial charge in [-0.25, -0.2) is 4.79 Å². The van der Waals surface area contributed by atoms with E-state index in [4.69, 9.17) is 4.74 Å². The molecular weight excluding hydrogens is 450 g/mol. The predicted molar refractivity (Wildman–Crippen MR) is 130 cm³/mol. The van der Waals surface area contributed by atoms with Crippen LogP contribution in [0.15, 0.2) is 30.3 Å². The molecule has 192 valence electrons. The highest BCUT2D eigenvalue weighted by Crippen LogP contribution is 2.26. The van der Waals surface area contributed by atoms with Crippen molar-refractivity contribution in [1.29, 1.82) is 0 Å². The van der Waals surface area contributed by atoms with E-state index < -0.39 is 59.1 Å². The highest BCUT2D eigenvalue weighted by atomic mass is 16.6. The van der Waals surface area contributed by atoms with Crippen molar-refractivity contribution in [2.45, 2.75) is 78.5 Å². The van der Waals surface area contributed by atoms with Crippen LogP contribution in [0.4, 0.5) is 4.79 Å². The summed E-state index contributed by atoms with van der Waals surface area (Å²) >= 11 is 0. The van der Waals surface area contributed by atoms with Gasteiger partial charge in [-0.1, -0.05) is 63.9 Å². The maximum Gasteiger partial charge on any atom is 0.408 e. The standard InChI is InChI=1S/C26H37N3O6/c1-7-16(8-2)21(22(31)20-15(3)23(32)29-24(20)33)28-19(30)14-18(17-12-10-9-11-13-17)27-25(34)35-26(4,5)6/h9-13,15-16,18,20-21H,7-8,14H2,1-6H3,(H,27,34)(H,28,30)(H,29,32,33)/t15-,18-,20+,21?/m0/s1. The Morgan fingerprint density at radius 1 is 1.00 bits per heavy atom. The van der Waals surface area contributed by atoms with E-state index in [-0.39, 0.29) is 12.3 Å². The van der Waals surface area contributed by atoms with E-state index in [0.29, 0.717) is 18.4 Å². The summed E-state index contributed by atoms with van der Waals surface area (Å²) in [5, 5.41) is 7.74. The van der Waals surface area contributed by atoms with Gasteiger partial charge in [0.05, 0.1) is 24.4 Å². The van der Waals surface area contributed by atoms with Crippen molar-refractivity contribution >= 4 is 29.6 Å². The number of benzene rings is 1. The van der Waals surface area contributed by atoms with Gasteiger partial charge in [0.15, 0.2) is 5.78 Å². The molecule has 0 radical (unpaired) electrons. The van der Waals surface area contributed by atoms with Crippen LogP contribution in [0.3, 0.4) is 0 Å². The third-order valence-electron chi connectivity index (χ3n) is 6.17. The molecule has 1 aliphatic heterocycles. The molecule has 1 unspecified atom stereocenters. The van der Waals surface area contributed by atoms with Crippen molar-refractivity contribution in [3.63, 3.8) is 0 Å². The first-order valence-corrected chi connectivity index (χ1v) is 12.1. The summed E-state index contributed by atoms with van der Waals surface area (Å²) in [6.45, 7) is 10.6. The summed E-state index contributed by atoms with van der Waals surface area (Å²) in [6, 6.07) is 7.36. The molecule has 4 amide bonds. The third-order valence-corrected chi connectivity index (χ3v) is 6.17. The van der Waals surface area contributed by atoms with E-state index >= 15 is 0 Å². The number of nitrogens with one attached hydrogen (secondary N) is 3. The fraction of sp³-hybridized carbons (Fsp3) is 0.577. The normalized spacial score (nSPS) is 19.6. The highest BCUT2D eigenvalue weighted by molar-refractivity contribution is 6.16. The van der Waals surface area contributed by atoms with Crippen LogP contribution in [0.2, 0.25) is 0 Å². The Hall–Kier alpha value is -3.23. The van der Waals surface area contributed by atoms with Gasteiger partial charge in [-0.2, -0.15) is 0 Å². The Balaban J connectivity index is 2.24. The van der Waals surface area contributed by atoms with Gasteiger partial charge in [0, 0.05) is 0 Å². The zero-order valence-corrected chi connectivity index (χ0v) is 21.3. The number of rotatable bonds is 10. The van der Waals surface area contributed by atoms with E-state index in [2.05, 4.69) is 16.0 Å². The Kier molecular flexibility index (Phi) is 9.56. The highest BCUT2D eigenvalue weighted by Gasteiger charge is 2.47. The van der Waals surface area contributed by atoms with Gasteiger partial charge in [0.25, 0.3) is 0 Å². The average Bonchev–Trinajstić information content (AvgIpc) is 3.03. The molecule has 2 rings (SSSR count). The van der Waals surface area contributed by atoms with E-state index in [1.807, 2.05) is 19.9 Å². The van der Waals surface area contributed by atoms with Crippen molar-refractivity contribution in [1.82, 2.24) is 16.0 Å². The molecule has 0 spiro atoms. The number of carbonyl (C=O) groups excluding carboxylic acids is 5. The zero-order valence-electron chi connectivity index (χ0n) is 21.3. The third kappa shape index (κ3) is 7.63. The number of amides is 4. The second-order valence-electron chi connectivity index (χ2n) is 9.96. The maximum absolute atomic E-state index is 13.4. The van der Waals surface area contributed by atoms with E-state index in [9.17, 15) is 24.0 Å². The molecule has 1 aliphatic rings. The molecule has 9 nitrogen and oxygen atoms in total. The number of ketones is 1. The fourth-order valence-corrected chi connectivity index (χ4v) is 4.25. The lowest BCUT2D eigenvalue weighted by atomic mass is 9.82. The molecule has 35 heavy (non-hydrogen) atoms. The summed E-state index contributed by atoms with van der Waals surface area (Å²) in [5.74, 6) is -4.21. The van der Waals surface area contributed by atoms with Crippen LogP contribution in [-0.2, 0) is 23.9 Å². The van der Waals surface area contributed by atoms with Crippen molar-refractivity contribution in [2.24, 2.45) is 17.8 Å². The second kappa shape index (κ2) is 12.0. The van der Waals surface area contributed by atoms with Crippen molar-refractivity contribution in [3.8, 4) is 0 Å². The van der Waals surface area contributed by atoms with Gasteiger partial charge in [-0.05, 0) is 32.3 Å². The van der Waals surface area contributed by atoms with Gasteiger partial charge in [0.2, 0.25) is 17.7 Å². The lowest BCUT2D eigenvalue weighted by Crippen LogP contribution is -2.50. The van der Waals surface area contributed by atoms with Crippen LogP contribution in [0.25, 0.3) is 0 Å². The van der Waals surface area contributed by atoms with Crippen LogP contribution < -0.4 is 16.0 Å². The Morgan fingerprint density at radius 2 is 1.60 bits per heavy atom. The lowest BCUT2D eigenvalue weighted by molar-refractivity contribution is -0.137. The zero-order chi connectivity index (χ0) is 26.3. The first-order chi connectivity index (χ1) is 16.4. The van der Waals surface area contributed by atoms with Crippen LogP contribution in [-0.4, -0.2) is 41.2 Å². The number of hydrogen-bond acceptors (Lipinski definition) is 6. The van der Waals surface area contributed by atoms with Crippen LogP contribution in [0, 0.1) is 17.8 Å². The van der Waals surface area contributed by atoms with Gasteiger partial charge >= 0.3 is 6.09 Å². The number of alkyl carbamates (subject to hydrolysis) is 1. The topological polar surface area (TPSA) is 131 Å². The summed E-state index contributed by atoms with van der Waals surface area (Å²) in [5.41, 5.74) is -0.00962. The first kappa shape index (κ1) is 28.0. The van der Waals surface area contributed by atoms with Gasteiger partial charge in [-0.15, -0.1) is 0 Å². The van der Waals surface area contributed by atoms with Gasteiger partial charge in [0.1, 0.15) is 11.5 Å². The Bertz CT molecular complexity index is 936. The van der Waals surface area contributed by atoms with E-state index in [1.54, 1.807) is 45.0 Å². The van der Waals surface area contributed by atoms with Crippen molar-refractivity contribution < 1.29 is 28.7 Å². The molecule has 0 bridgehead atoms. The minimum Gasteiger partial charge on any atom is -0.444 e. The summed E-state index contributed by atoms with van der Waals surface area (Å²) in [4.78, 5) is 63.2. The van der Waals surface area contributed by atoms with Crippen LogP contribution in [0.5, 0.6) is 0 Å². The molecule has 0 aliphatic carbocycles. The molecular formula is C26H37N3O6. The molecule has 0 aromatic heterocycles. The molecule has 1 saturated heterocycles. The van der Waals surface area contributed by atoms with Crippen molar-refractivity contribution in [2.75, 3.05) is 0 Å². The van der Waals surface area contributed by atoms with E-state index in [1.165, 1.54) is 6.92 Å². The molecule has 9 heteroatoms. The number of carbonyl (C=O) groups is 5. The quantitative estimate of drug-likeness (QED) is 0.343. The molecule has 1 heterocycles. The molecule has 1 fully saturated rings. The monoisotopic (exact) mass is 487 g/mol. The number of Topliss-reactive ketones (excluding diaryl/α,β-unsaturated/α-hetero) is 1.